The van der Waals surface area contributed by atoms with Crippen LogP contribution in [0.25, 0.3) is 0 Å². The molecule has 6 heavy (non-hydrogen) atoms. The maximum absolute atomic E-state index is 0. The third kappa shape index (κ3) is 26.2. The molecule has 6 heteroatoms. The minimum atomic E-state index is 0. The van der Waals surface area contributed by atoms with Gasteiger partial charge in [-0.25, -0.2) is 0 Å². The Morgan fingerprint density at radius 1 is 0.667 bits per heavy atom. The molecule has 0 aromatic rings. The normalized spacial score (nSPS) is 0. The van der Waals surface area contributed by atoms with Gasteiger partial charge in [0.15, 0.2) is 0 Å². The summed E-state index contributed by atoms with van der Waals surface area (Å²) in [7, 11) is 0. The zero-order valence-corrected chi connectivity index (χ0v) is 11.1. The van der Waals surface area contributed by atoms with Crippen LogP contribution >= 0.6 is 0 Å². The first-order valence-electron chi connectivity index (χ1n) is 0. The maximum atomic E-state index is 0. The third-order valence-electron chi connectivity index (χ3n) is 0. The predicted molar refractivity (Wildman–Crippen MR) is 23.2 cm³/mol. The Morgan fingerprint density at radius 2 is 0.667 bits per heavy atom. The molecule has 0 unspecified atom stereocenters. The van der Waals surface area contributed by atoms with Gasteiger partial charge in [0.25, 0.3) is 0 Å². The van der Waals surface area contributed by atoms with Crippen LogP contribution < -0.4 is 59.1 Å². The van der Waals surface area contributed by atoms with Crippen molar-refractivity contribution in [3.05, 3.63) is 0 Å². The number of hydrogen-bond acceptors (Lipinski definition) is 0. The molecule has 0 aliphatic rings. The first kappa shape index (κ1) is 57.5. The van der Waals surface area contributed by atoms with E-state index in [0.717, 1.165) is 0 Å². The second-order valence-corrected chi connectivity index (χ2v) is 0. The van der Waals surface area contributed by atoms with E-state index in [4.69, 9.17) is 0 Å². The molecule has 0 heterocycles. The second kappa shape index (κ2) is 39.9. The van der Waals surface area contributed by atoms with Crippen LogP contribution in [-0.2, 0) is 0 Å². The van der Waals surface area contributed by atoms with Gasteiger partial charge in [0, 0.05) is 0 Å². The maximum Gasteiger partial charge on any atom is 2.00 e. The van der Waals surface area contributed by atoms with Crippen molar-refractivity contribution in [3.63, 3.8) is 0 Å². The van der Waals surface area contributed by atoms with Crippen LogP contribution in [0.15, 0.2) is 0 Å². The molecule has 28 valence electrons. The van der Waals surface area contributed by atoms with Crippen molar-refractivity contribution in [2.45, 2.75) is 0 Å². The van der Waals surface area contributed by atoms with Gasteiger partial charge >= 0.3 is 105 Å². The van der Waals surface area contributed by atoms with Crippen molar-refractivity contribution in [2.24, 2.45) is 0 Å². The van der Waals surface area contributed by atoms with Crippen LogP contribution in [-0.4, -0.2) is 46.1 Å². The molecule has 0 bridgehead atoms. The average Bonchev–Trinajstić information content (AvgIpc) is 0. The van der Waals surface area contributed by atoms with Gasteiger partial charge in [-0.3, -0.25) is 9.41 Å². The summed E-state index contributed by atoms with van der Waals surface area (Å²) in [6.07, 6.45) is 0. The van der Waals surface area contributed by atoms with Crippen LogP contribution in [0.5, 0.6) is 0 Å². The summed E-state index contributed by atoms with van der Waals surface area (Å²) >= 11 is 0. The van der Waals surface area contributed by atoms with Crippen molar-refractivity contribution in [1.82, 2.24) is 0 Å². The quantitative estimate of drug-likeness (QED) is 0.294. The molecule has 0 rings (SSSR count). The van der Waals surface area contributed by atoms with Gasteiger partial charge in [-0.05, 0) is 0 Å². The molecule has 0 aromatic carbocycles. The standard InChI is InChI=1S/2FH.2Mg.2Na.6H/h2*1H;;;;;;;;;;/q;;2*+2;2*+1;6*-1. The van der Waals surface area contributed by atoms with Crippen LogP contribution in [0.4, 0.5) is 9.41 Å². The zero-order chi connectivity index (χ0) is 0. The molecule has 0 aliphatic heterocycles. The Balaban J connectivity index is 0. The minimum absolute atomic E-state index is 0. The van der Waals surface area contributed by atoms with Crippen molar-refractivity contribution >= 4 is 46.1 Å². The van der Waals surface area contributed by atoms with E-state index in [0.29, 0.717) is 0 Å². The molecular formula is H8F2Mg2Na2. The molecule has 0 spiro atoms. The molecule has 0 N–H and O–H groups in total. The molecule has 0 aliphatic carbocycles. The molecular weight excluding hydrogens is 133 g/mol. The van der Waals surface area contributed by atoms with Gasteiger partial charge < -0.3 is 8.56 Å². The first-order chi connectivity index (χ1) is 0. The summed E-state index contributed by atoms with van der Waals surface area (Å²) in [5.41, 5.74) is 0. The van der Waals surface area contributed by atoms with Gasteiger partial charge in [0.05, 0.1) is 0 Å². The summed E-state index contributed by atoms with van der Waals surface area (Å²) in [6, 6.07) is 0. The average molecular weight is 141 g/mol. The molecule has 0 amide bonds. The van der Waals surface area contributed by atoms with Gasteiger partial charge in [0.2, 0.25) is 0 Å². The monoisotopic (exact) mass is 140 g/mol. The van der Waals surface area contributed by atoms with E-state index in [1.165, 1.54) is 0 Å². The summed E-state index contributed by atoms with van der Waals surface area (Å²) < 4.78 is 0. The fraction of sp³-hybridized carbons (Fsp3) is 0. The van der Waals surface area contributed by atoms with Crippen molar-refractivity contribution in [3.8, 4) is 0 Å². The number of halogens is 2. The Hall–Kier alpha value is 3.39. The van der Waals surface area contributed by atoms with Gasteiger partial charge in [0.1, 0.15) is 0 Å². The first-order valence-corrected chi connectivity index (χ1v) is 0. The molecule has 0 fully saturated rings. The molecule has 0 saturated heterocycles. The molecule has 0 radical (unpaired) electrons. The van der Waals surface area contributed by atoms with Crippen molar-refractivity contribution in [1.29, 1.82) is 0 Å². The topological polar surface area (TPSA) is 0 Å². The largest absolute Gasteiger partial charge is 2.00 e. The van der Waals surface area contributed by atoms with E-state index < -0.39 is 0 Å². The van der Waals surface area contributed by atoms with Gasteiger partial charge in [-0.1, -0.05) is 0 Å². The Kier molecular flexibility index (Phi) is 382. The van der Waals surface area contributed by atoms with E-state index in [1.807, 2.05) is 0 Å². The van der Waals surface area contributed by atoms with Crippen molar-refractivity contribution in [2.75, 3.05) is 0 Å². The SMILES string of the molecule is F.F.[H-].[H-].[H-].[H-].[H-].[H-].[Mg+2].[Mg+2].[Na+].[Na+]. The minimum Gasteiger partial charge on any atom is -1.00 e. The second-order valence-electron chi connectivity index (χ2n) is 0. The molecule has 0 saturated carbocycles. The van der Waals surface area contributed by atoms with Gasteiger partial charge in [-0.2, -0.15) is 0 Å². The van der Waals surface area contributed by atoms with E-state index >= 15 is 0 Å². The fourth-order valence-electron chi connectivity index (χ4n) is 0. The van der Waals surface area contributed by atoms with Crippen molar-refractivity contribution < 1.29 is 77.1 Å². The predicted octanol–water partition coefficient (Wildman–Crippen LogP) is -5.77. The smallest absolute Gasteiger partial charge is 1.00 e. The van der Waals surface area contributed by atoms with E-state index in [1.54, 1.807) is 0 Å². The van der Waals surface area contributed by atoms with E-state index in [9.17, 15) is 0 Å². The molecule has 0 nitrogen and oxygen atoms in total. The fourth-order valence-corrected chi connectivity index (χ4v) is 0. The van der Waals surface area contributed by atoms with E-state index in [-0.39, 0.29) is 123 Å². The summed E-state index contributed by atoms with van der Waals surface area (Å²) in [6.45, 7) is 0. The Labute approximate surface area is 121 Å². The molecule has 0 atom stereocenters. The van der Waals surface area contributed by atoms with Gasteiger partial charge in [-0.15, -0.1) is 0 Å². The Bertz CT molecular complexity index is 21.5. The molecule has 0 aromatic heterocycles. The zero-order valence-electron chi connectivity index (χ0n) is 10.2. The van der Waals surface area contributed by atoms with Crippen LogP contribution in [0, 0.1) is 0 Å². The number of rotatable bonds is 0. The Morgan fingerprint density at radius 3 is 0.667 bits per heavy atom. The third-order valence-corrected chi connectivity index (χ3v) is 0. The summed E-state index contributed by atoms with van der Waals surface area (Å²) in [5.74, 6) is 0. The summed E-state index contributed by atoms with van der Waals surface area (Å²) in [5, 5.41) is 0. The van der Waals surface area contributed by atoms with Crippen LogP contribution in [0.2, 0.25) is 0 Å². The number of hydrogen-bond donors (Lipinski definition) is 0. The van der Waals surface area contributed by atoms with Crippen LogP contribution in [0.1, 0.15) is 8.56 Å². The summed E-state index contributed by atoms with van der Waals surface area (Å²) in [4.78, 5) is 0. The van der Waals surface area contributed by atoms with Crippen LogP contribution in [0.3, 0.4) is 0 Å². The van der Waals surface area contributed by atoms with E-state index in [2.05, 4.69) is 0 Å².